The maximum atomic E-state index is 12.3. The first-order chi connectivity index (χ1) is 11.7. The summed E-state index contributed by atoms with van der Waals surface area (Å²) in [5, 5.41) is 9.09. The zero-order valence-electron chi connectivity index (χ0n) is 14.1. The van der Waals surface area contributed by atoms with E-state index in [1.165, 1.54) is 0 Å². The lowest BCUT2D eigenvalue weighted by molar-refractivity contribution is -0.136. The second-order valence-corrected chi connectivity index (χ2v) is 7.00. The molecule has 2 aromatic heterocycles. The number of hydrogen-bond donors (Lipinski definition) is 1. The second kappa shape index (κ2) is 7.87. The van der Waals surface area contributed by atoms with Crippen LogP contribution in [0, 0.1) is 5.92 Å². The van der Waals surface area contributed by atoms with Crippen LogP contribution >= 0.6 is 11.3 Å². The average molecular weight is 349 g/mol. The van der Waals surface area contributed by atoms with Crippen molar-refractivity contribution in [3.8, 4) is 10.7 Å². The summed E-state index contributed by atoms with van der Waals surface area (Å²) in [4.78, 5) is 22.0. The fourth-order valence-corrected chi connectivity index (χ4v) is 3.50. The quantitative estimate of drug-likeness (QED) is 0.847. The first kappa shape index (κ1) is 17.1. The maximum absolute atomic E-state index is 12.3. The number of thiophene rings is 1. The molecule has 1 aliphatic heterocycles. The standard InChI is InChI=1S/C16H23N5O2S/c1-12(10-17-2)16(22)21-7-5-20(6-8-21)11-14-18-15(19-23-14)13-4-3-9-24-13/h3-4,9,12,17H,5-8,10-11H2,1-2H3. The van der Waals surface area contributed by atoms with E-state index in [9.17, 15) is 4.79 Å². The zero-order valence-corrected chi connectivity index (χ0v) is 14.9. The van der Waals surface area contributed by atoms with E-state index in [0.29, 0.717) is 24.8 Å². The largest absolute Gasteiger partial charge is 0.340 e. The molecule has 0 saturated carbocycles. The fourth-order valence-electron chi connectivity index (χ4n) is 2.85. The van der Waals surface area contributed by atoms with Crippen LogP contribution in [0.1, 0.15) is 12.8 Å². The number of rotatable bonds is 6. The molecule has 2 aromatic rings. The van der Waals surface area contributed by atoms with Gasteiger partial charge in [0.15, 0.2) is 0 Å². The SMILES string of the molecule is CNCC(C)C(=O)N1CCN(Cc2nc(-c3cccs3)no2)CC1. The third-order valence-corrected chi connectivity index (χ3v) is 5.05. The Hall–Kier alpha value is -1.77. The van der Waals surface area contributed by atoms with Crippen molar-refractivity contribution in [2.75, 3.05) is 39.8 Å². The molecule has 1 fully saturated rings. The van der Waals surface area contributed by atoms with Crippen molar-refractivity contribution in [3.63, 3.8) is 0 Å². The van der Waals surface area contributed by atoms with Gasteiger partial charge >= 0.3 is 0 Å². The van der Waals surface area contributed by atoms with Gasteiger partial charge in [0.05, 0.1) is 11.4 Å². The monoisotopic (exact) mass is 349 g/mol. The van der Waals surface area contributed by atoms with Crippen molar-refractivity contribution in [3.05, 3.63) is 23.4 Å². The van der Waals surface area contributed by atoms with Crippen LogP contribution in [0.3, 0.4) is 0 Å². The maximum Gasteiger partial charge on any atom is 0.241 e. The van der Waals surface area contributed by atoms with Crippen LogP contribution in [0.15, 0.2) is 22.0 Å². The zero-order chi connectivity index (χ0) is 16.9. The number of piperazine rings is 1. The van der Waals surface area contributed by atoms with E-state index in [2.05, 4.69) is 20.4 Å². The first-order valence-electron chi connectivity index (χ1n) is 8.19. The highest BCUT2D eigenvalue weighted by molar-refractivity contribution is 7.13. The topological polar surface area (TPSA) is 74.5 Å². The summed E-state index contributed by atoms with van der Waals surface area (Å²) >= 11 is 1.60. The lowest BCUT2D eigenvalue weighted by Crippen LogP contribution is -2.50. The summed E-state index contributed by atoms with van der Waals surface area (Å²) in [6.45, 7) is 6.47. The van der Waals surface area contributed by atoms with E-state index in [0.717, 1.165) is 31.1 Å². The van der Waals surface area contributed by atoms with Crippen molar-refractivity contribution in [1.82, 2.24) is 25.3 Å². The summed E-state index contributed by atoms with van der Waals surface area (Å²) in [6, 6.07) is 3.96. The van der Waals surface area contributed by atoms with E-state index in [1.807, 2.05) is 36.4 Å². The Morgan fingerprint density at radius 3 is 2.88 bits per heavy atom. The molecule has 3 heterocycles. The van der Waals surface area contributed by atoms with Crippen LogP contribution in [-0.4, -0.2) is 65.6 Å². The summed E-state index contributed by atoms with van der Waals surface area (Å²) < 4.78 is 5.35. The number of hydrogen-bond acceptors (Lipinski definition) is 7. The van der Waals surface area contributed by atoms with Gasteiger partial charge in [-0.3, -0.25) is 9.69 Å². The lowest BCUT2D eigenvalue weighted by atomic mass is 10.1. The van der Waals surface area contributed by atoms with Crippen molar-refractivity contribution < 1.29 is 9.32 Å². The third-order valence-electron chi connectivity index (χ3n) is 4.18. The predicted octanol–water partition coefficient (Wildman–Crippen LogP) is 1.30. The van der Waals surface area contributed by atoms with Gasteiger partial charge in [0, 0.05) is 38.6 Å². The lowest BCUT2D eigenvalue weighted by Gasteiger charge is -2.35. The fraction of sp³-hybridized carbons (Fsp3) is 0.562. The van der Waals surface area contributed by atoms with Crippen LogP contribution in [0.5, 0.6) is 0 Å². The van der Waals surface area contributed by atoms with Gasteiger partial charge in [-0.1, -0.05) is 18.1 Å². The molecular formula is C16H23N5O2S. The molecule has 1 atom stereocenters. The highest BCUT2D eigenvalue weighted by atomic mass is 32.1. The number of carbonyl (C=O) groups is 1. The summed E-state index contributed by atoms with van der Waals surface area (Å²) in [7, 11) is 1.87. The van der Waals surface area contributed by atoms with Gasteiger partial charge in [0.1, 0.15) is 0 Å². The summed E-state index contributed by atoms with van der Waals surface area (Å²) in [5.74, 6) is 1.52. The van der Waals surface area contributed by atoms with E-state index >= 15 is 0 Å². The molecule has 1 N–H and O–H groups in total. The van der Waals surface area contributed by atoms with Crippen molar-refractivity contribution >= 4 is 17.2 Å². The van der Waals surface area contributed by atoms with Crippen molar-refractivity contribution in [1.29, 1.82) is 0 Å². The van der Waals surface area contributed by atoms with E-state index in [1.54, 1.807) is 11.3 Å². The molecule has 0 aromatic carbocycles. The van der Waals surface area contributed by atoms with E-state index in [-0.39, 0.29) is 11.8 Å². The van der Waals surface area contributed by atoms with Crippen LogP contribution in [-0.2, 0) is 11.3 Å². The second-order valence-electron chi connectivity index (χ2n) is 6.05. The molecule has 1 unspecified atom stereocenters. The highest BCUT2D eigenvalue weighted by Gasteiger charge is 2.25. The van der Waals surface area contributed by atoms with Gasteiger partial charge in [-0.15, -0.1) is 11.3 Å². The Morgan fingerprint density at radius 1 is 1.42 bits per heavy atom. The highest BCUT2D eigenvalue weighted by Crippen LogP contribution is 2.21. The molecule has 8 heteroatoms. The smallest absolute Gasteiger partial charge is 0.241 e. The van der Waals surface area contributed by atoms with Crippen LogP contribution in [0.4, 0.5) is 0 Å². The molecule has 1 aliphatic rings. The summed E-state index contributed by atoms with van der Waals surface area (Å²) in [5.41, 5.74) is 0. The van der Waals surface area contributed by atoms with E-state index < -0.39 is 0 Å². The molecule has 130 valence electrons. The van der Waals surface area contributed by atoms with Crippen LogP contribution in [0.25, 0.3) is 10.7 Å². The molecule has 0 radical (unpaired) electrons. The van der Waals surface area contributed by atoms with Crippen molar-refractivity contribution in [2.24, 2.45) is 5.92 Å². The summed E-state index contributed by atoms with van der Waals surface area (Å²) in [6.07, 6.45) is 0. The Morgan fingerprint density at radius 2 is 2.21 bits per heavy atom. The molecular weight excluding hydrogens is 326 g/mol. The molecule has 3 rings (SSSR count). The van der Waals surface area contributed by atoms with Gasteiger partial charge < -0.3 is 14.7 Å². The molecule has 24 heavy (non-hydrogen) atoms. The van der Waals surface area contributed by atoms with Gasteiger partial charge in [-0.05, 0) is 18.5 Å². The molecule has 0 bridgehead atoms. The number of aromatic nitrogens is 2. The number of nitrogens with zero attached hydrogens (tertiary/aromatic N) is 4. The normalized spacial score (nSPS) is 17.2. The minimum atomic E-state index is 0.0193. The number of carbonyl (C=O) groups excluding carboxylic acids is 1. The first-order valence-corrected chi connectivity index (χ1v) is 9.07. The van der Waals surface area contributed by atoms with Gasteiger partial charge in [0.25, 0.3) is 0 Å². The average Bonchev–Trinajstić information content (AvgIpc) is 3.26. The Balaban J connectivity index is 1.50. The van der Waals surface area contributed by atoms with Crippen LogP contribution < -0.4 is 5.32 Å². The number of nitrogens with one attached hydrogen (secondary N) is 1. The Labute approximate surface area is 145 Å². The van der Waals surface area contributed by atoms with Crippen LogP contribution in [0.2, 0.25) is 0 Å². The van der Waals surface area contributed by atoms with Crippen molar-refractivity contribution in [2.45, 2.75) is 13.5 Å². The van der Waals surface area contributed by atoms with Gasteiger partial charge in [-0.25, -0.2) is 0 Å². The molecule has 1 saturated heterocycles. The minimum Gasteiger partial charge on any atom is -0.340 e. The van der Waals surface area contributed by atoms with E-state index in [4.69, 9.17) is 4.52 Å². The molecule has 0 spiro atoms. The Bertz CT molecular complexity index is 649. The molecule has 7 nitrogen and oxygen atoms in total. The Kier molecular flexibility index (Phi) is 5.60. The number of amides is 1. The third kappa shape index (κ3) is 4.00. The predicted molar refractivity (Wildman–Crippen MR) is 92.6 cm³/mol. The minimum absolute atomic E-state index is 0.0193. The molecule has 0 aliphatic carbocycles. The molecule has 1 amide bonds. The van der Waals surface area contributed by atoms with Gasteiger partial charge in [-0.2, -0.15) is 4.98 Å². The van der Waals surface area contributed by atoms with Gasteiger partial charge in [0.2, 0.25) is 17.6 Å².